The van der Waals surface area contributed by atoms with Gasteiger partial charge in [-0.1, -0.05) is 6.07 Å². The average Bonchev–Trinajstić information content (AvgIpc) is 3.01. The molecule has 0 saturated carbocycles. The van der Waals surface area contributed by atoms with Crippen molar-refractivity contribution in [3.63, 3.8) is 0 Å². The fourth-order valence-corrected chi connectivity index (χ4v) is 2.19. The second kappa shape index (κ2) is 6.20. The van der Waals surface area contributed by atoms with Crippen molar-refractivity contribution in [2.45, 2.75) is 12.8 Å². The smallest absolute Gasteiger partial charge is 0.231 e. The molecule has 1 aliphatic rings. The molecule has 23 heavy (non-hydrogen) atoms. The van der Waals surface area contributed by atoms with Gasteiger partial charge in [0.2, 0.25) is 12.7 Å². The van der Waals surface area contributed by atoms with Crippen LogP contribution in [0.2, 0.25) is 0 Å². The number of nitrogens with one attached hydrogen (secondary N) is 1. The van der Waals surface area contributed by atoms with Crippen LogP contribution in [0.5, 0.6) is 11.5 Å². The molecule has 2 aromatic rings. The molecule has 1 heterocycles. The largest absolute Gasteiger partial charge is 0.454 e. The van der Waals surface area contributed by atoms with Gasteiger partial charge in [0.25, 0.3) is 0 Å². The van der Waals surface area contributed by atoms with Crippen LogP contribution >= 0.6 is 0 Å². The molecule has 7 heteroatoms. The number of benzene rings is 2. The first-order chi connectivity index (χ1) is 11.0. The topological polar surface area (TPSA) is 47.6 Å². The number of carbonyl (C=O) groups is 1. The molecule has 1 N–H and O–H groups in total. The van der Waals surface area contributed by atoms with Crippen LogP contribution < -0.4 is 14.8 Å². The number of amides is 1. The predicted octanol–water partition coefficient (Wildman–Crippen LogP) is 3.40. The number of fused-ring (bicyclic) bond motifs is 1. The highest BCUT2D eigenvalue weighted by molar-refractivity contribution is 5.91. The quantitative estimate of drug-likeness (QED) is 0.877. The third-order valence-corrected chi connectivity index (χ3v) is 3.39. The van der Waals surface area contributed by atoms with E-state index in [4.69, 9.17) is 9.47 Å². The minimum Gasteiger partial charge on any atom is -0.454 e. The molecule has 0 aliphatic carbocycles. The maximum absolute atomic E-state index is 13.5. The number of halogens is 3. The zero-order valence-electron chi connectivity index (χ0n) is 11.9. The van der Waals surface area contributed by atoms with Crippen LogP contribution in [0.1, 0.15) is 12.0 Å². The number of aryl methyl sites for hydroxylation is 1. The Morgan fingerprint density at radius 3 is 2.65 bits per heavy atom. The van der Waals surface area contributed by atoms with Crippen LogP contribution in [0.4, 0.5) is 18.9 Å². The van der Waals surface area contributed by atoms with E-state index in [-0.39, 0.29) is 18.9 Å². The van der Waals surface area contributed by atoms with E-state index >= 15 is 0 Å². The van der Waals surface area contributed by atoms with Gasteiger partial charge in [-0.3, -0.25) is 4.79 Å². The first-order valence-electron chi connectivity index (χ1n) is 6.86. The Labute approximate surface area is 129 Å². The Kier molecular flexibility index (Phi) is 4.10. The van der Waals surface area contributed by atoms with Crippen molar-refractivity contribution < 1.29 is 27.4 Å². The summed E-state index contributed by atoms with van der Waals surface area (Å²) >= 11 is 0. The maximum Gasteiger partial charge on any atom is 0.231 e. The van der Waals surface area contributed by atoms with Crippen molar-refractivity contribution >= 4 is 11.6 Å². The Morgan fingerprint density at radius 2 is 1.83 bits per heavy atom. The Balaban J connectivity index is 1.61. The van der Waals surface area contributed by atoms with Crippen molar-refractivity contribution in [2.24, 2.45) is 0 Å². The average molecular weight is 323 g/mol. The predicted molar refractivity (Wildman–Crippen MR) is 75.8 cm³/mol. The van der Waals surface area contributed by atoms with Crippen LogP contribution in [0.3, 0.4) is 0 Å². The number of hydrogen-bond donors (Lipinski definition) is 1. The lowest BCUT2D eigenvalue weighted by Crippen LogP contribution is -2.14. The fraction of sp³-hybridized carbons (Fsp3) is 0.188. The summed E-state index contributed by atoms with van der Waals surface area (Å²) in [4.78, 5) is 11.8. The van der Waals surface area contributed by atoms with Gasteiger partial charge in [0.1, 0.15) is 0 Å². The molecule has 0 unspecified atom stereocenters. The SMILES string of the molecule is O=C(CCc1ccc2c(c1)OCO2)Nc1ccc(F)c(F)c1F. The maximum atomic E-state index is 13.5. The van der Waals surface area contributed by atoms with Crippen molar-refractivity contribution in [3.8, 4) is 11.5 Å². The zero-order valence-corrected chi connectivity index (χ0v) is 11.9. The van der Waals surface area contributed by atoms with Crippen LogP contribution in [0, 0.1) is 17.5 Å². The van der Waals surface area contributed by atoms with Crippen LogP contribution in [0.25, 0.3) is 0 Å². The summed E-state index contributed by atoms with van der Waals surface area (Å²) in [5, 5.41) is 2.22. The van der Waals surface area contributed by atoms with Crippen molar-refractivity contribution in [2.75, 3.05) is 12.1 Å². The zero-order chi connectivity index (χ0) is 16.4. The lowest BCUT2D eigenvalue weighted by molar-refractivity contribution is -0.116. The Morgan fingerprint density at radius 1 is 1.04 bits per heavy atom. The van der Waals surface area contributed by atoms with Crippen LogP contribution in [-0.4, -0.2) is 12.7 Å². The molecule has 0 bridgehead atoms. The summed E-state index contributed by atoms with van der Waals surface area (Å²) in [6, 6.07) is 7.02. The highest BCUT2D eigenvalue weighted by Crippen LogP contribution is 2.32. The van der Waals surface area contributed by atoms with Crippen molar-refractivity contribution in [1.29, 1.82) is 0 Å². The molecule has 0 atom stereocenters. The third-order valence-electron chi connectivity index (χ3n) is 3.39. The molecule has 120 valence electrons. The van der Waals surface area contributed by atoms with Gasteiger partial charge in [-0.15, -0.1) is 0 Å². The molecule has 1 aliphatic heterocycles. The Hall–Kier alpha value is -2.70. The van der Waals surface area contributed by atoms with Gasteiger partial charge in [-0.2, -0.15) is 0 Å². The van der Waals surface area contributed by atoms with Crippen molar-refractivity contribution in [3.05, 3.63) is 53.3 Å². The molecule has 0 aromatic heterocycles. The molecule has 0 saturated heterocycles. The minimum absolute atomic E-state index is 0.0537. The highest BCUT2D eigenvalue weighted by atomic mass is 19.2. The summed E-state index contributed by atoms with van der Waals surface area (Å²) in [6.07, 6.45) is 0.436. The van der Waals surface area contributed by atoms with Crippen molar-refractivity contribution in [1.82, 2.24) is 0 Å². The summed E-state index contributed by atoms with van der Waals surface area (Å²) in [5.74, 6) is -3.59. The standard InChI is InChI=1S/C16H12F3NO3/c17-10-3-4-11(16(19)15(10)18)20-14(21)6-2-9-1-5-12-13(7-9)23-8-22-12/h1,3-5,7H,2,6,8H2,(H,20,21). The van der Waals surface area contributed by atoms with Gasteiger partial charge in [0.05, 0.1) is 5.69 Å². The molecule has 4 nitrogen and oxygen atoms in total. The molecule has 3 rings (SSSR count). The van der Waals surface area contributed by atoms with E-state index in [1.807, 2.05) is 0 Å². The minimum atomic E-state index is -1.61. The highest BCUT2D eigenvalue weighted by Gasteiger charge is 2.16. The monoisotopic (exact) mass is 323 g/mol. The summed E-state index contributed by atoms with van der Waals surface area (Å²) < 4.78 is 49.8. The number of hydrogen-bond acceptors (Lipinski definition) is 3. The van der Waals surface area contributed by atoms with E-state index < -0.39 is 23.4 Å². The van der Waals surface area contributed by atoms with Gasteiger partial charge >= 0.3 is 0 Å². The number of anilines is 1. The molecule has 0 fully saturated rings. The Bertz CT molecular complexity index is 764. The van der Waals surface area contributed by atoms with E-state index in [0.29, 0.717) is 17.9 Å². The molecule has 0 spiro atoms. The van der Waals surface area contributed by atoms with Crippen LogP contribution in [0.15, 0.2) is 30.3 Å². The first kappa shape index (κ1) is 15.2. The molecule has 1 amide bonds. The number of ether oxygens (including phenoxy) is 2. The van der Waals surface area contributed by atoms with Gasteiger partial charge in [0, 0.05) is 6.42 Å². The number of carbonyl (C=O) groups excluding carboxylic acids is 1. The van der Waals surface area contributed by atoms with E-state index in [0.717, 1.165) is 17.7 Å². The second-order valence-corrected chi connectivity index (χ2v) is 4.96. The first-order valence-corrected chi connectivity index (χ1v) is 6.86. The molecule has 2 aromatic carbocycles. The molecule has 0 radical (unpaired) electrons. The second-order valence-electron chi connectivity index (χ2n) is 4.96. The van der Waals surface area contributed by atoms with E-state index in [9.17, 15) is 18.0 Å². The van der Waals surface area contributed by atoms with Crippen LogP contribution in [-0.2, 0) is 11.2 Å². The van der Waals surface area contributed by atoms with E-state index in [1.165, 1.54) is 0 Å². The summed E-state index contributed by atoms with van der Waals surface area (Å²) in [5.41, 5.74) is 0.453. The van der Waals surface area contributed by atoms with Gasteiger partial charge < -0.3 is 14.8 Å². The lowest BCUT2D eigenvalue weighted by Gasteiger charge is -2.07. The summed E-state index contributed by atoms with van der Waals surface area (Å²) in [7, 11) is 0. The molecular formula is C16H12F3NO3. The molecular weight excluding hydrogens is 311 g/mol. The van der Waals surface area contributed by atoms with Gasteiger partial charge in [-0.25, -0.2) is 13.2 Å². The van der Waals surface area contributed by atoms with Gasteiger partial charge in [-0.05, 0) is 36.2 Å². The van der Waals surface area contributed by atoms with Gasteiger partial charge in [0.15, 0.2) is 29.0 Å². The fourth-order valence-electron chi connectivity index (χ4n) is 2.19. The van der Waals surface area contributed by atoms with E-state index in [2.05, 4.69) is 5.32 Å². The normalized spacial score (nSPS) is 12.3. The summed E-state index contributed by atoms with van der Waals surface area (Å²) in [6.45, 7) is 0.161. The lowest BCUT2D eigenvalue weighted by atomic mass is 10.1. The third kappa shape index (κ3) is 3.23. The van der Waals surface area contributed by atoms with E-state index in [1.54, 1.807) is 18.2 Å². The number of rotatable bonds is 4.